The third kappa shape index (κ3) is 8.77. The van der Waals surface area contributed by atoms with Gasteiger partial charge in [0.25, 0.3) is 0 Å². The van der Waals surface area contributed by atoms with E-state index in [-0.39, 0.29) is 0 Å². The molecule has 0 amide bonds. The fourth-order valence-corrected chi connectivity index (χ4v) is 4.42. The Bertz CT molecular complexity index is 437. The summed E-state index contributed by atoms with van der Waals surface area (Å²) in [6, 6.07) is 0. The molecule has 26 heavy (non-hydrogen) atoms. The lowest BCUT2D eigenvalue weighted by atomic mass is 9.62. The zero-order valence-electron chi connectivity index (χ0n) is 18.5. The number of hydrogen-bond donors (Lipinski definition) is 0. The highest BCUT2D eigenvalue weighted by atomic mass is 14.4. The Labute approximate surface area is 165 Å². The first-order chi connectivity index (χ1) is 12.5. The second kappa shape index (κ2) is 13.4. The van der Waals surface area contributed by atoms with Crippen molar-refractivity contribution in [2.24, 2.45) is 23.2 Å². The molecule has 1 fully saturated rings. The average molecular weight is 359 g/mol. The molecule has 0 aromatic rings. The van der Waals surface area contributed by atoms with Crippen molar-refractivity contribution in [1.82, 2.24) is 0 Å². The molecule has 0 saturated heterocycles. The summed E-state index contributed by atoms with van der Waals surface area (Å²) in [5, 5.41) is 0. The van der Waals surface area contributed by atoms with Crippen LogP contribution < -0.4 is 0 Å². The van der Waals surface area contributed by atoms with Gasteiger partial charge in [0.1, 0.15) is 0 Å². The van der Waals surface area contributed by atoms with Crippen molar-refractivity contribution in [3.05, 3.63) is 30.0 Å². The summed E-state index contributed by atoms with van der Waals surface area (Å²) in [5.74, 6) is 2.42. The highest BCUT2D eigenvalue weighted by Gasteiger charge is 2.36. The lowest BCUT2D eigenvalue weighted by Gasteiger charge is -2.44. The fraction of sp³-hybridized carbons (Fsp3) is 0.808. The molecule has 4 unspecified atom stereocenters. The Morgan fingerprint density at radius 3 is 2.42 bits per heavy atom. The third-order valence-corrected chi connectivity index (χ3v) is 7.16. The van der Waals surface area contributed by atoms with Gasteiger partial charge in [0.15, 0.2) is 0 Å². The quantitative estimate of drug-likeness (QED) is 0.185. The molecule has 150 valence electrons. The van der Waals surface area contributed by atoms with Crippen LogP contribution in [0.2, 0.25) is 0 Å². The number of rotatable bonds is 12. The van der Waals surface area contributed by atoms with Gasteiger partial charge in [-0.3, -0.25) is 0 Å². The molecule has 0 aromatic heterocycles. The van der Waals surface area contributed by atoms with Gasteiger partial charge in [0.05, 0.1) is 0 Å². The van der Waals surface area contributed by atoms with Crippen LogP contribution in [0, 0.1) is 23.2 Å². The van der Waals surface area contributed by atoms with Crippen LogP contribution in [0.25, 0.3) is 0 Å². The van der Waals surface area contributed by atoms with Crippen molar-refractivity contribution in [2.75, 3.05) is 0 Å². The Hall–Kier alpha value is -0.740. The Balaban J connectivity index is 2.19. The smallest absolute Gasteiger partial charge is 0.0206 e. The minimum atomic E-state index is 0.582. The van der Waals surface area contributed by atoms with E-state index in [1.807, 2.05) is 0 Å². The van der Waals surface area contributed by atoms with Crippen LogP contribution in [0.4, 0.5) is 0 Å². The first kappa shape index (κ1) is 23.3. The summed E-state index contributed by atoms with van der Waals surface area (Å²) >= 11 is 0. The van der Waals surface area contributed by atoms with Gasteiger partial charge in [-0.2, -0.15) is 0 Å². The highest BCUT2D eigenvalue weighted by Crippen LogP contribution is 2.47. The van der Waals surface area contributed by atoms with Crippen LogP contribution in [0.15, 0.2) is 30.0 Å². The van der Waals surface area contributed by atoms with Crippen LogP contribution in [-0.2, 0) is 0 Å². The van der Waals surface area contributed by atoms with E-state index in [1.54, 1.807) is 0 Å². The predicted octanol–water partition coefficient (Wildman–Crippen LogP) is 8.88. The summed E-state index contributed by atoms with van der Waals surface area (Å²) in [6.07, 6.45) is 25.4. The van der Waals surface area contributed by atoms with Gasteiger partial charge in [0, 0.05) is 0 Å². The molecule has 0 spiro atoms. The van der Waals surface area contributed by atoms with E-state index in [0.717, 1.165) is 11.8 Å². The van der Waals surface area contributed by atoms with Crippen LogP contribution in [0.1, 0.15) is 112 Å². The van der Waals surface area contributed by atoms with Crippen molar-refractivity contribution in [3.8, 4) is 0 Å². The van der Waals surface area contributed by atoms with E-state index >= 15 is 0 Å². The SMILES string of the molecule is CCCCCCCCCC=C=CC=CC(C)C1CCC(C)(CC)C(C)C1. The van der Waals surface area contributed by atoms with Gasteiger partial charge in [-0.15, -0.1) is 5.73 Å². The summed E-state index contributed by atoms with van der Waals surface area (Å²) in [7, 11) is 0. The fourth-order valence-electron chi connectivity index (χ4n) is 4.42. The zero-order chi connectivity index (χ0) is 19.3. The molecule has 0 N–H and O–H groups in total. The molecule has 0 aliphatic heterocycles. The zero-order valence-corrected chi connectivity index (χ0v) is 18.5. The monoisotopic (exact) mass is 358 g/mol. The second-order valence-electron chi connectivity index (χ2n) is 9.13. The van der Waals surface area contributed by atoms with Gasteiger partial charge in [-0.1, -0.05) is 91.7 Å². The van der Waals surface area contributed by atoms with Crippen molar-refractivity contribution >= 4 is 0 Å². The normalized spacial score (nSPS) is 27.3. The molecule has 1 rings (SSSR count). The summed E-state index contributed by atoms with van der Waals surface area (Å²) in [6.45, 7) is 12.0. The predicted molar refractivity (Wildman–Crippen MR) is 118 cm³/mol. The highest BCUT2D eigenvalue weighted by molar-refractivity contribution is 5.05. The van der Waals surface area contributed by atoms with Crippen LogP contribution in [0.3, 0.4) is 0 Å². The topological polar surface area (TPSA) is 0 Å². The molecule has 0 heterocycles. The molecule has 0 heteroatoms. The molecule has 1 aliphatic rings. The standard InChI is InChI=1S/C26H46/c1-6-8-9-10-11-12-13-14-15-16-17-18-19-23(3)25-20-21-26(5,7-2)24(4)22-25/h15,17-19,23-25H,6-14,20-22H2,1-5H3. The van der Waals surface area contributed by atoms with Crippen LogP contribution >= 0.6 is 0 Å². The molecule has 0 nitrogen and oxygen atoms in total. The maximum atomic E-state index is 3.35. The lowest BCUT2D eigenvalue weighted by Crippen LogP contribution is -2.33. The van der Waals surface area contributed by atoms with E-state index in [0.29, 0.717) is 11.3 Å². The molecule has 1 saturated carbocycles. The van der Waals surface area contributed by atoms with E-state index in [1.165, 1.54) is 77.0 Å². The largest absolute Gasteiger partial charge is 0.125 e. The second-order valence-corrected chi connectivity index (χ2v) is 9.13. The first-order valence-corrected chi connectivity index (χ1v) is 11.6. The maximum Gasteiger partial charge on any atom is -0.0206 e. The Morgan fingerprint density at radius 1 is 1.08 bits per heavy atom. The van der Waals surface area contributed by atoms with Gasteiger partial charge in [-0.05, 0) is 67.4 Å². The average Bonchev–Trinajstić information content (AvgIpc) is 2.64. The van der Waals surface area contributed by atoms with Gasteiger partial charge < -0.3 is 0 Å². The van der Waals surface area contributed by atoms with Gasteiger partial charge in [0.2, 0.25) is 0 Å². The van der Waals surface area contributed by atoms with Crippen molar-refractivity contribution in [3.63, 3.8) is 0 Å². The Kier molecular flexibility index (Phi) is 12.0. The lowest BCUT2D eigenvalue weighted by molar-refractivity contribution is 0.0755. The van der Waals surface area contributed by atoms with E-state index in [4.69, 9.17) is 0 Å². The van der Waals surface area contributed by atoms with Gasteiger partial charge >= 0.3 is 0 Å². The van der Waals surface area contributed by atoms with Crippen molar-refractivity contribution < 1.29 is 0 Å². The minimum absolute atomic E-state index is 0.582. The van der Waals surface area contributed by atoms with Crippen LogP contribution in [-0.4, -0.2) is 0 Å². The number of unbranched alkanes of at least 4 members (excludes halogenated alkanes) is 7. The molecular weight excluding hydrogens is 312 g/mol. The van der Waals surface area contributed by atoms with Crippen LogP contribution in [0.5, 0.6) is 0 Å². The number of hydrogen-bond acceptors (Lipinski definition) is 0. The van der Waals surface area contributed by atoms with Gasteiger partial charge in [-0.25, -0.2) is 0 Å². The van der Waals surface area contributed by atoms with E-state index < -0.39 is 0 Å². The summed E-state index contributed by atoms with van der Waals surface area (Å²) in [5.41, 5.74) is 3.93. The minimum Gasteiger partial charge on any atom is -0.125 e. The van der Waals surface area contributed by atoms with Crippen molar-refractivity contribution in [1.29, 1.82) is 0 Å². The Morgan fingerprint density at radius 2 is 1.77 bits per heavy atom. The van der Waals surface area contributed by atoms with Crippen molar-refractivity contribution in [2.45, 2.75) is 112 Å². The maximum absolute atomic E-state index is 3.35. The molecule has 0 radical (unpaired) electrons. The third-order valence-electron chi connectivity index (χ3n) is 7.16. The molecule has 4 atom stereocenters. The molecule has 0 bridgehead atoms. The molecule has 1 aliphatic carbocycles. The molecular formula is C26H46. The number of allylic oxidation sites excluding steroid dienone is 3. The summed E-state index contributed by atoms with van der Waals surface area (Å²) < 4.78 is 0. The first-order valence-electron chi connectivity index (χ1n) is 11.6. The van der Waals surface area contributed by atoms with E-state index in [2.05, 4.69) is 64.7 Å². The van der Waals surface area contributed by atoms with E-state index in [9.17, 15) is 0 Å². The summed E-state index contributed by atoms with van der Waals surface area (Å²) in [4.78, 5) is 0. The molecule has 0 aromatic carbocycles.